The number of carbonyl (C=O) groups excluding carboxylic acids is 2. The maximum absolute atomic E-state index is 9.01. The van der Waals surface area contributed by atoms with Crippen LogP contribution in [0.25, 0.3) is 0 Å². The van der Waals surface area contributed by atoms with E-state index in [0.29, 0.717) is 0 Å². The van der Waals surface area contributed by atoms with Crippen LogP contribution in [-0.2, 0) is 9.59 Å². The number of hydrogen-bond acceptors (Lipinski definition) is 6. The first-order valence-corrected chi connectivity index (χ1v) is 2.16. The van der Waals surface area contributed by atoms with Gasteiger partial charge in [0.1, 0.15) is 0 Å². The maximum Gasteiger partial charge on any atom is 2.00 e. The van der Waals surface area contributed by atoms with E-state index in [2.05, 4.69) is 0 Å². The van der Waals surface area contributed by atoms with E-state index in [1.165, 1.54) is 0 Å². The van der Waals surface area contributed by atoms with Crippen LogP contribution in [0.2, 0.25) is 0 Å². The van der Waals surface area contributed by atoms with Crippen molar-refractivity contribution in [1.29, 1.82) is 0 Å². The van der Waals surface area contributed by atoms with Crippen molar-refractivity contribution < 1.29 is 35.5 Å². The Balaban J connectivity index is -0.0000000457. The van der Waals surface area contributed by atoms with E-state index < -0.39 is 25.2 Å². The Labute approximate surface area is 84.1 Å². The number of rotatable bonds is 2. The first-order chi connectivity index (χ1) is 4.54. The first kappa shape index (κ1) is 22.6. The average Bonchev–Trinajstić information content (AvgIpc) is 1.89. The van der Waals surface area contributed by atoms with Crippen LogP contribution in [0.15, 0.2) is 0 Å². The molecule has 0 saturated heterocycles. The molecule has 0 aromatic carbocycles. The minimum atomic E-state index is -1.44. The van der Waals surface area contributed by atoms with E-state index >= 15 is 0 Å². The number of carboxylic acids is 2. The van der Waals surface area contributed by atoms with Gasteiger partial charge in [-0.2, -0.15) is 0 Å². The summed E-state index contributed by atoms with van der Waals surface area (Å²) in [4.78, 5) is 18.0. The molecule has 0 aromatic rings. The predicted octanol–water partition coefficient (Wildman–Crippen LogP) is -5.75. The molecule has 0 aliphatic heterocycles. The summed E-state index contributed by atoms with van der Waals surface area (Å²) in [6.07, 6.45) is 0. The summed E-state index contributed by atoms with van der Waals surface area (Å²) >= 11 is 0. The Morgan fingerprint density at radius 3 is 1.08 bits per heavy atom. The summed E-state index contributed by atoms with van der Waals surface area (Å²) in [5.41, 5.74) is 0. The smallest absolute Gasteiger partial charge is 0.548 e. The quantitative estimate of drug-likeness (QED) is 0.416. The van der Waals surface area contributed by atoms with Crippen LogP contribution in [0.1, 0.15) is 0 Å². The topological polar surface area (TPSA) is 152 Å². The van der Waals surface area contributed by atoms with Gasteiger partial charge in [-0.1, -0.05) is 0 Å². The van der Waals surface area contributed by atoms with Crippen LogP contribution < -0.4 is 10.2 Å². The molecule has 7 nitrogen and oxygen atoms in total. The molecule has 4 N–H and O–H groups in total. The molecule has 0 aliphatic carbocycles. The van der Waals surface area contributed by atoms with Gasteiger partial charge in [-0.15, -0.1) is 0 Å². The molecule has 0 aliphatic rings. The fourth-order valence-corrected chi connectivity index (χ4v) is 0. The van der Waals surface area contributed by atoms with Crippen molar-refractivity contribution in [2.24, 2.45) is 0 Å². The summed E-state index contributed by atoms with van der Waals surface area (Å²) < 4.78 is 0. The fraction of sp³-hybridized carbons (Fsp3) is 0.500. The van der Waals surface area contributed by atoms with E-state index in [0.717, 1.165) is 0 Å². The molecule has 0 bridgehead atoms. The van der Waals surface area contributed by atoms with Gasteiger partial charge in [0.15, 0.2) is 0 Å². The first-order valence-electron chi connectivity index (χ1n) is 2.16. The van der Waals surface area contributed by atoms with Gasteiger partial charge in [0.2, 0.25) is 0 Å². The number of aliphatic carboxylic acids is 2. The van der Waals surface area contributed by atoms with E-state index in [4.69, 9.17) is 30.0 Å². The molecule has 68 valence electrons. The number of carboxylic acid groups (broad SMARTS) is 2. The van der Waals surface area contributed by atoms with Gasteiger partial charge in [0.25, 0.3) is 0 Å². The van der Waals surface area contributed by atoms with Crippen molar-refractivity contribution in [3.63, 3.8) is 0 Å². The Morgan fingerprint density at radius 2 is 1.08 bits per heavy atom. The molecular weight excluding hydrogens is 184 g/mol. The molecule has 0 fully saturated rings. The zero-order chi connectivity index (χ0) is 8.57. The van der Waals surface area contributed by atoms with Crippen LogP contribution in [0.4, 0.5) is 0 Å². The van der Waals surface area contributed by atoms with Gasteiger partial charge in [0.05, 0.1) is 25.2 Å². The zero-order valence-corrected chi connectivity index (χ0v) is 7.56. The Morgan fingerprint density at radius 1 is 1.00 bits per heavy atom. The van der Waals surface area contributed by atoms with Gasteiger partial charge in [-0.3, -0.25) is 0 Å². The molecule has 8 heteroatoms. The minimum absolute atomic E-state index is 0. The minimum Gasteiger partial charge on any atom is -0.548 e. The molecule has 0 heterocycles. The zero-order valence-electron chi connectivity index (χ0n) is 6.15. The van der Waals surface area contributed by atoms with Crippen LogP contribution in [-0.4, -0.2) is 63.9 Å². The number of aliphatic hydroxyl groups excluding tert-OH is 2. The SMILES string of the molecule is O.O=C([O-])CO.O=C([O-])CO.[Mg+2]. The van der Waals surface area contributed by atoms with Gasteiger partial charge in [-0.25, -0.2) is 0 Å². The summed E-state index contributed by atoms with van der Waals surface area (Å²) in [5, 5.41) is 33.0. The predicted molar refractivity (Wildman–Crippen MR) is 33.6 cm³/mol. The second kappa shape index (κ2) is 16.9. The van der Waals surface area contributed by atoms with Crippen molar-refractivity contribution >= 4 is 35.0 Å². The van der Waals surface area contributed by atoms with Gasteiger partial charge in [-0.05, 0) is 0 Å². The third-order valence-electron chi connectivity index (χ3n) is 0.258. The molecule has 12 heavy (non-hydrogen) atoms. The van der Waals surface area contributed by atoms with Crippen molar-refractivity contribution in [2.75, 3.05) is 13.2 Å². The van der Waals surface area contributed by atoms with Gasteiger partial charge in [0, 0.05) is 0 Å². The number of carbonyl (C=O) groups is 2. The summed E-state index contributed by atoms with van der Waals surface area (Å²) in [7, 11) is 0. The molecule has 0 rings (SSSR count). The average molecular weight is 192 g/mol. The fourth-order valence-electron chi connectivity index (χ4n) is 0. The van der Waals surface area contributed by atoms with Gasteiger partial charge >= 0.3 is 23.1 Å². The van der Waals surface area contributed by atoms with E-state index in [1.807, 2.05) is 0 Å². The van der Waals surface area contributed by atoms with Crippen LogP contribution in [0.5, 0.6) is 0 Å². The Bertz CT molecular complexity index is 100.0. The van der Waals surface area contributed by atoms with Crippen molar-refractivity contribution in [3.8, 4) is 0 Å². The van der Waals surface area contributed by atoms with Crippen molar-refractivity contribution in [3.05, 3.63) is 0 Å². The monoisotopic (exact) mass is 192 g/mol. The molecule has 0 saturated carbocycles. The molecule has 0 atom stereocenters. The van der Waals surface area contributed by atoms with Gasteiger partial charge < -0.3 is 35.5 Å². The van der Waals surface area contributed by atoms with E-state index in [1.54, 1.807) is 0 Å². The third-order valence-corrected chi connectivity index (χ3v) is 0.258. The molecule has 0 amide bonds. The molecular formula is C4H8MgO7. The number of aliphatic hydroxyl groups is 2. The second-order valence-electron chi connectivity index (χ2n) is 1.06. The normalized spacial score (nSPS) is 6.17. The Hall–Kier alpha value is -0.414. The van der Waals surface area contributed by atoms with Crippen LogP contribution in [0, 0.1) is 0 Å². The van der Waals surface area contributed by atoms with Crippen LogP contribution >= 0.6 is 0 Å². The molecule has 0 spiro atoms. The molecule has 0 radical (unpaired) electrons. The summed E-state index contributed by atoms with van der Waals surface area (Å²) in [6.45, 7) is -1.78. The van der Waals surface area contributed by atoms with Crippen molar-refractivity contribution in [1.82, 2.24) is 0 Å². The second-order valence-corrected chi connectivity index (χ2v) is 1.06. The van der Waals surface area contributed by atoms with Crippen LogP contribution in [0.3, 0.4) is 0 Å². The van der Waals surface area contributed by atoms with Crippen molar-refractivity contribution in [2.45, 2.75) is 0 Å². The summed E-state index contributed by atoms with van der Waals surface area (Å²) in [6, 6.07) is 0. The molecule has 0 unspecified atom stereocenters. The summed E-state index contributed by atoms with van der Waals surface area (Å²) in [5.74, 6) is -2.88. The molecule has 0 aromatic heterocycles. The Kier molecular flexibility index (Phi) is 31.8. The third kappa shape index (κ3) is 55.0. The standard InChI is InChI=1S/2C2H4O3.Mg.H2O/c2*3-1-2(4)5;;/h2*3H,1H2,(H,4,5);;1H2/q;;+2;/p-2. The van der Waals surface area contributed by atoms with E-state index in [9.17, 15) is 0 Å². The maximum atomic E-state index is 9.01. The largest absolute Gasteiger partial charge is 2.00 e. The number of hydrogen-bond donors (Lipinski definition) is 2. The van der Waals surface area contributed by atoms with E-state index in [-0.39, 0.29) is 28.5 Å².